The lowest BCUT2D eigenvalue weighted by molar-refractivity contribution is 0.414. The van der Waals surface area contributed by atoms with E-state index in [0.717, 1.165) is 18.7 Å². The van der Waals surface area contributed by atoms with Crippen LogP contribution in [0.5, 0.6) is 5.75 Å². The Morgan fingerprint density at radius 3 is 2.76 bits per heavy atom. The summed E-state index contributed by atoms with van der Waals surface area (Å²) in [6.07, 6.45) is 0.968. The second-order valence-corrected chi connectivity index (χ2v) is 4.32. The van der Waals surface area contributed by atoms with E-state index < -0.39 is 0 Å². The molecule has 1 aliphatic rings. The summed E-state index contributed by atoms with van der Waals surface area (Å²) in [4.78, 5) is 0. The molecule has 2 nitrogen and oxygen atoms in total. The van der Waals surface area contributed by atoms with Gasteiger partial charge in [-0.25, -0.2) is 0 Å². The van der Waals surface area contributed by atoms with Crippen molar-refractivity contribution < 1.29 is 4.74 Å². The molecule has 17 heavy (non-hydrogen) atoms. The fraction of sp³-hybridized carbons (Fsp3) is 0.200. The first-order valence-corrected chi connectivity index (χ1v) is 5.84. The molecule has 0 spiro atoms. The molecule has 86 valence electrons. The van der Waals surface area contributed by atoms with E-state index in [1.807, 2.05) is 6.07 Å². The lowest BCUT2D eigenvalue weighted by Gasteiger charge is -2.07. The van der Waals surface area contributed by atoms with Crippen molar-refractivity contribution in [1.82, 2.24) is 0 Å². The maximum atomic E-state index is 5.29. The molecule has 0 aliphatic carbocycles. The zero-order valence-electron chi connectivity index (χ0n) is 9.86. The van der Waals surface area contributed by atoms with Gasteiger partial charge < -0.3 is 10.1 Å². The Morgan fingerprint density at radius 2 is 1.88 bits per heavy atom. The molecule has 1 N–H and O–H groups in total. The van der Waals surface area contributed by atoms with Crippen LogP contribution in [0.25, 0.3) is 0 Å². The molecule has 0 radical (unpaired) electrons. The summed E-state index contributed by atoms with van der Waals surface area (Å²) in [6, 6.07) is 14.8. The van der Waals surface area contributed by atoms with Crippen molar-refractivity contribution in [3.8, 4) is 5.75 Å². The largest absolute Gasteiger partial charge is 0.497 e. The lowest BCUT2D eigenvalue weighted by Crippen LogP contribution is -1.99. The summed E-state index contributed by atoms with van der Waals surface area (Å²) < 4.78 is 5.29. The quantitative estimate of drug-likeness (QED) is 0.804. The second-order valence-electron chi connectivity index (χ2n) is 4.32. The Hall–Kier alpha value is -1.96. The van der Waals surface area contributed by atoms with Crippen molar-refractivity contribution in [3.05, 3.63) is 59.2 Å². The molecular weight excluding hydrogens is 210 g/mol. The first kappa shape index (κ1) is 10.2. The lowest BCUT2D eigenvalue weighted by atomic mass is 10.0. The minimum absolute atomic E-state index is 0.885. The third kappa shape index (κ3) is 1.86. The smallest absolute Gasteiger partial charge is 0.119 e. The van der Waals surface area contributed by atoms with Crippen LogP contribution in [0.15, 0.2) is 42.5 Å². The van der Waals surface area contributed by atoms with Crippen LogP contribution in [0.1, 0.15) is 16.7 Å². The number of fused-ring (bicyclic) bond motifs is 2. The molecule has 0 bridgehead atoms. The van der Waals surface area contributed by atoms with Gasteiger partial charge in [0.05, 0.1) is 7.11 Å². The Morgan fingerprint density at radius 1 is 1.00 bits per heavy atom. The van der Waals surface area contributed by atoms with E-state index in [9.17, 15) is 0 Å². The van der Waals surface area contributed by atoms with E-state index in [4.69, 9.17) is 4.74 Å². The van der Waals surface area contributed by atoms with Crippen molar-refractivity contribution in [2.24, 2.45) is 0 Å². The van der Waals surface area contributed by atoms with Crippen LogP contribution >= 0.6 is 0 Å². The molecule has 2 aromatic carbocycles. The van der Waals surface area contributed by atoms with E-state index in [-0.39, 0.29) is 0 Å². The van der Waals surface area contributed by atoms with Gasteiger partial charge in [0.2, 0.25) is 0 Å². The minimum atomic E-state index is 0.885. The maximum Gasteiger partial charge on any atom is 0.119 e. The van der Waals surface area contributed by atoms with Crippen molar-refractivity contribution in [2.45, 2.75) is 13.0 Å². The number of nitrogens with one attached hydrogen (secondary N) is 1. The summed E-state index contributed by atoms with van der Waals surface area (Å²) in [5.74, 6) is 0.933. The topological polar surface area (TPSA) is 21.3 Å². The summed E-state index contributed by atoms with van der Waals surface area (Å²) in [5, 5.41) is 3.48. The number of methoxy groups -OCH3 is 1. The number of rotatable bonds is 1. The van der Waals surface area contributed by atoms with Gasteiger partial charge in [0, 0.05) is 12.2 Å². The van der Waals surface area contributed by atoms with Gasteiger partial charge in [0.15, 0.2) is 0 Å². The molecule has 0 saturated heterocycles. The molecule has 0 unspecified atom stereocenters. The van der Waals surface area contributed by atoms with Gasteiger partial charge >= 0.3 is 0 Å². The van der Waals surface area contributed by atoms with Crippen LogP contribution < -0.4 is 10.1 Å². The average Bonchev–Trinajstić information content (AvgIpc) is 2.56. The minimum Gasteiger partial charge on any atom is -0.497 e. The standard InChI is InChI=1S/C15H15NO/c1-17-14-7-6-12-10-16-15-5-3-2-4-11(15)8-13(12)9-14/h2-7,9,16H,8,10H2,1H3. The highest BCUT2D eigenvalue weighted by Gasteiger charge is 2.12. The normalized spacial score (nSPS) is 13.0. The molecule has 3 rings (SSSR count). The van der Waals surface area contributed by atoms with Gasteiger partial charge in [-0.2, -0.15) is 0 Å². The van der Waals surface area contributed by atoms with Gasteiger partial charge in [-0.3, -0.25) is 0 Å². The molecule has 0 amide bonds. The first-order valence-electron chi connectivity index (χ1n) is 5.84. The van der Waals surface area contributed by atoms with Crippen molar-refractivity contribution in [2.75, 3.05) is 12.4 Å². The molecule has 1 aliphatic heterocycles. The summed E-state index contributed by atoms with van der Waals surface area (Å²) in [7, 11) is 1.71. The molecule has 0 fully saturated rings. The summed E-state index contributed by atoms with van der Waals surface area (Å²) >= 11 is 0. The maximum absolute atomic E-state index is 5.29. The first-order chi connectivity index (χ1) is 8.36. The van der Waals surface area contributed by atoms with Crippen molar-refractivity contribution >= 4 is 5.69 Å². The fourth-order valence-corrected chi connectivity index (χ4v) is 2.31. The van der Waals surface area contributed by atoms with E-state index in [2.05, 4.69) is 41.7 Å². The SMILES string of the molecule is COc1ccc2c(c1)Cc1ccccc1NC2. The third-order valence-electron chi connectivity index (χ3n) is 3.28. The molecule has 0 saturated carbocycles. The summed E-state index contributed by atoms with van der Waals surface area (Å²) in [6.45, 7) is 0.885. The van der Waals surface area contributed by atoms with E-state index in [0.29, 0.717) is 0 Å². The Balaban J connectivity index is 2.05. The number of anilines is 1. The van der Waals surface area contributed by atoms with Gasteiger partial charge in [0.1, 0.15) is 5.75 Å². The molecule has 0 atom stereocenters. The van der Waals surface area contributed by atoms with Crippen LogP contribution in [-0.2, 0) is 13.0 Å². The average molecular weight is 225 g/mol. The molecule has 2 aromatic rings. The monoisotopic (exact) mass is 225 g/mol. The zero-order valence-corrected chi connectivity index (χ0v) is 9.86. The predicted octanol–water partition coefficient (Wildman–Crippen LogP) is 3.21. The summed E-state index contributed by atoms with van der Waals surface area (Å²) in [5.41, 5.74) is 5.28. The number of benzene rings is 2. The highest BCUT2D eigenvalue weighted by atomic mass is 16.5. The second kappa shape index (κ2) is 4.13. The number of ether oxygens (including phenoxy) is 1. The molecule has 0 aromatic heterocycles. The Kier molecular flexibility index (Phi) is 2.48. The highest BCUT2D eigenvalue weighted by molar-refractivity contribution is 5.56. The molecule has 2 heteroatoms. The van der Waals surface area contributed by atoms with Gasteiger partial charge in [-0.15, -0.1) is 0 Å². The Labute approximate surface area is 101 Å². The van der Waals surface area contributed by atoms with Crippen LogP contribution in [0.4, 0.5) is 5.69 Å². The van der Waals surface area contributed by atoms with Crippen LogP contribution in [0.3, 0.4) is 0 Å². The van der Waals surface area contributed by atoms with Gasteiger partial charge in [-0.1, -0.05) is 24.3 Å². The zero-order chi connectivity index (χ0) is 11.7. The Bertz CT molecular complexity index is 548. The van der Waals surface area contributed by atoms with Gasteiger partial charge in [0.25, 0.3) is 0 Å². The van der Waals surface area contributed by atoms with E-state index >= 15 is 0 Å². The molecular formula is C15H15NO. The molecule has 1 heterocycles. The predicted molar refractivity (Wildman–Crippen MR) is 69.6 cm³/mol. The van der Waals surface area contributed by atoms with E-state index in [1.54, 1.807) is 7.11 Å². The third-order valence-corrected chi connectivity index (χ3v) is 3.28. The van der Waals surface area contributed by atoms with Crippen molar-refractivity contribution in [3.63, 3.8) is 0 Å². The van der Waals surface area contributed by atoms with E-state index in [1.165, 1.54) is 22.4 Å². The fourth-order valence-electron chi connectivity index (χ4n) is 2.31. The highest BCUT2D eigenvalue weighted by Crippen LogP contribution is 2.28. The van der Waals surface area contributed by atoms with Crippen LogP contribution in [0.2, 0.25) is 0 Å². The van der Waals surface area contributed by atoms with Crippen LogP contribution in [-0.4, -0.2) is 7.11 Å². The van der Waals surface area contributed by atoms with Crippen LogP contribution in [0, 0.1) is 0 Å². The number of hydrogen-bond acceptors (Lipinski definition) is 2. The number of hydrogen-bond donors (Lipinski definition) is 1. The van der Waals surface area contributed by atoms with Crippen molar-refractivity contribution in [1.29, 1.82) is 0 Å². The number of para-hydroxylation sites is 1. The van der Waals surface area contributed by atoms with Gasteiger partial charge in [-0.05, 0) is 41.3 Å².